The van der Waals surface area contributed by atoms with Gasteiger partial charge in [0.15, 0.2) is 0 Å². The molecular formula is C8H6N4. The lowest BCUT2D eigenvalue weighted by atomic mass is 10.4. The molecule has 0 radical (unpaired) electrons. The van der Waals surface area contributed by atoms with E-state index in [1.54, 1.807) is 6.20 Å². The highest BCUT2D eigenvalue weighted by Gasteiger charge is 2.00. The summed E-state index contributed by atoms with van der Waals surface area (Å²) in [6.07, 6.45) is 3.54. The molecule has 0 aromatic carbocycles. The standard InChI is InChI=1S/C8H6N4/c1-12-3-2-6-5-10-7(4-9)11-8(6)12/h2-3,5H,1H3. The highest BCUT2D eigenvalue weighted by atomic mass is 15.0. The topological polar surface area (TPSA) is 54.5 Å². The molecule has 0 aliphatic carbocycles. The lowest BCUT2D eigenvalue weighted by molar-refractivity contribution is 0.939. The SMILES string of the molecule is Cn1ccc2cnc(C#N)nc21. The van der Waals surface area contributed by atoms with E-state index >= 15 is 0 Å². The minimum atomic E-state index is 0.212. The lowest BCUT2D eigenvalue weighted by Crippen LogP contribution is -1.92. The Balaban J connectivity index is 2.82. The maximum atomic E-state index is 8.54. The third-order valence-electron chi connectivity index (χ3n) is 1.71. The van der Waals surface area contributed by atoms with Crippen molar-refractivity contribution in [3.63, 3.8) is 0 Å². The van der Waals surface area contributed by atoms with Crippen LogP contribution in [0.4, 0.5) is 0 Å². The molecular weight excluding hydrogens is 152 g/mol. The first-order valence-electron chi connectivity index (χ1n) is 3.49. The van der Waals surface area contributed by atoms with Crippen LogP contribution >= 0.6 is 0 Å². The predicted molar refractivity (Wildman–Crippen MR) is 43.2 cm³/mol. The number of aryl methyl sites for hydroxylation is 1. The molecule has 0 amide bonds. The molecule has 12 heavy (non-hydrogen) atoms. The molecule has 0 saturated carbocycles. The van der Waals surface area contributed by atoms with Gasteiger partial charge in [-0.25, -0.2) is 9.97 Å². The van der Waals surface area contributed by atoms with Crippen molar-refractivity contribution in [2.24, 2.45) is 7.05 Å². The van der Waals surface area contributed by atoms with Crippen molar-refractivity contribution >= 4 is 11.0 Å². The van der Waals surface area contributed by atoms with Crippen LogP contribution in [-0.2, 0) is 7.05 Å². The smallest absolute Gasteiger partial charge is 0.234 e. The van der Waals surface area contributed by atoms with Crippen LogP contribution in [-0.4, -0.2) is 14.5 Å². The van der Waals surface area contributed by atoms with Gasteiger partial charge in [-0.3, -0.25) is 0 Å². The van der Waals surface area contributed by atoms with Crippen LogP contribution in [0.15, 0.2) is 18.5 Å². The third-order valence-corrected chi connectivity index (χ3v) is 1.71. The average molecular weight is 158 g/mol. The average Bonchev–Trinajstić information content (AvgIpc) is 2.47. The molecule has 2 aromatic rings. The minimum absolute atomic E-state index is 0.212. The highest BCUT2D eigenvalue weighted by molar-refractivity contribution is 5.75. The van der Waals surface area contributed by atoms with Gasteiger partial charge in [0.05, 0.1) is 0 Å². The zero-order valence-corrected chi connectivity index (χ0v) is 6.52. The van der Waals surface area contributed by atoms with E-state index in [1.165, 1.54) is 0 Å². The Hall–Kier alpha value is -1.89. The van der Waals surface area contributed by atoms with Gasteiger partial charge in [0.2, 0.25) is 5.82 Å². The summed E-state index contributed by atoms with van der Waals surface area (Å²) < 4.78 is 1.86. The van der Waals surface area contributed by atoms with Crippen LogP contribution in [0.5, 0.6) is 0 Å². The molecule has 0 spiro atoms. The van der Waals surface area contributed by atoms with E-state index < -0.39 is 0 Å². The van der Waals surface area contributed by atoms with Gasteiger partial charge in [-0.05, 0) is 6.07 Å². The summed E-state index contributed by atoms with van der Waals surface area (Å²) in [5.74, 6) is 0.212. The first-order valence-corrected chi connectivity index (χ1v) is 3.49. The molecule has 0 saturated heterocycles. The number of aromatic nitrogens is 3. The Morgan fingerprint density at radius 1 is 1.58 bits per heavy atom. The zero-order valence-electron chi connectivity index (χ0n) is 6.52. The summed E-state index contributed by atoms with van der Waals surface area (Å²) in [4.78, 5) is 7.90. The summed E-state index contributed by atoms with van der Waals surface area (Å²) in [6, 6.07) is 3.81. The maximum Gasteiger partial charge on any atom is 0.234 e. The first-order chi connectivity index (χ1) is 5.81. The summed E-state index contributed by atoms with van der Waals surface area (Å²) >= 11 is 0. The van der Waals surface area contributed by atoms with Gasteiger partial charge in [-0.15, -0.1) is 0 Å². The molecule has 2 heterocycles. The number of nitriles is 1. The number of hydrogen-bond acceptors (Lipinski definition) is 3. The van der Waals surface area contributed by atoms with Gasteiger partial charge in [-0.2, -0.15) is 5.26 Å². The first kappa shape index (κ1) is 6.80. The normalized spacial score (nSPS) is 10.0. The van der Waals surface area contributed by atoms with Gasteiger partial charge in [0, 0.05) is 24.8 Å². The van der Waals surface area contributed by atoms with Gasteiger partial charge in [0.25, 0.3) is 0 Å². The highest BCUT2D eigenvalue weighted by Crippen LogP contribution is 2.09. The number of hydrogen-bond donors (Lipinski definition) is 0. The van der Waals surface area contributed by atoms with Crippen LogP contribution in [0.25, 0.3) is 11.0 Å². The van der Waals surface area contributed by atoms with Crippen molar-refractivity contribution in [1.29, 1.82) is 5.26 Å². The van der Waals surface area contributed by atoms with Gasteiger partial charge < -0.3 is 4.57 Å². The lowest BCUT2D eigenvalue weighted by Gasteiger charge is -1.93. The van der Waals surface area contributed by atoms with E-state index in [2.05, 4.69) is 9.97 Å². The number of rotatable bonds is 0. The second-order valence-corrected chi connectivity index (χ2v) is 2.51. The third kappa shape index (κ3) is 0.839. The summed E-state index contributed by atoms with van der Waals surface area (Å²) in [6.45, 7) is 0. The summed E-state index contributed by atoms with van der Waals surface area (Å²) in [5, 5.41) is 9.50. The summed E-state index contributed by atoms with van der Waals surface area (Å²) in [5.41, 5.74) is 0.793. The van der Waals surface area contributed by atoms with E-state index in [9.17, 15) is 0 Å². The number of fused-ring (bicyclic) bond motifs is 1. The van der Waals surface area contributed by atoms with E-state index in [1.807, 2.05) is 29.9 Å². The predicted octanol–water partition coefficient (Wildman–Crippen LogP) is 0.840. The second-order valence-electron chi connectivity index (χ2n) is 2.51. The molecule has 4 nitrogen and oxygen atoms in total. The zero-order chi connectivity index (χ0) is 8.55. The fourth-order valence-corrected chi connectivity index (χ4v) is 1.10. The maximum absolute atomic E-state index is 8.54. The molecule has 0 aliphatic heterocycles. The van der Waals surface area contributed by atoms with Crippen LogP contribution in [0.1, 0.15) is 5.82 Å². The van der Waals surface area contributed by atoms with Crippen LogP contribution in [0, 0.1) is 11.3 Å². The monoisotopic (exact) mass is 158 g/mol. The molecule has 0 fully saturated rings. The van der Waals surface area contributed by atoms with Gasteiger partial charge >= 0.3 is 0 Å². The van der Waals surface area contributed by atoms with E-state index in [0.717, 1.165) is 11.0 Å². The molecule has 4 heteroatoms. The van der Waals surface area contributed by atoms with Crippen molar-refractivity contribution in [1.82, 2.24) is 14.5 Å². The Labute approximate surface area is 69.1 Å². The van der Waals surface area contributed by atoms with Crippen LogP contribution in [0.3, 0.4) is 0 Å². The second kappa shape index (κ2) is 2.31. The molecule has 0 N–H and O–H groups in total. The van der Waals surface area contributed by atoms with Crippen molar-refractivity contribution in [2.45, 2.75) is 0 Å². The Kier molecular flexibility index (Phi) is 1.31. The molecule has 0 unspecified atom stereocenters. The van der Waals surface area contributed by atoms with E-state index in [-0.39, 0.29) is 5.82 Å². The van der Waals surface area contributed by atoms with Crippen molar-refractivity contribution in [3.8, 4) is 6.07 Å². The molecule has 0 bridgehead atoms. The summed E-state index contributed by atoms with van der Waals surface area (Å²) in [7, 11) is 1.89. The van der Waals surface area contributed by atoms with Crippen LogP contribution < -0.4 is 0 Å². The number of nitrogens with zero attached hydrogens (tertiary/aromatic N) is 4. The minimum Gasteiger partial charge on any atom is -0.335 e. The van der Waals surface area contributed by atoms with Crippen molar-refractivity contribution in [3.05, 3.63) is 24.3 Å². The Bertz CT molecular complexity index is 463. The molecule has 0 atom stereocenters. The van der Waals surface area contributed by atoms with Gasteiger partial charge in [0.1, 0.15) is 11.7 Å². The van der Waals surface area contributed by atoms with Gasteiger partial charge in [-0.1, -0.05) is 0 Å². The quantitative estimate of drug-likeness (QED) is 0.570. The molecule has 2 rings (SSSR count). The van der Waals surface area contributed by atoms with Crippen molar-refractivity contribution < 1.29 is 0 Å². The van der Waals surface area contributed by atoms with E-state index in [0.29, 0.717) is 0 Å². The van der Waals surface area contributed by atoms with E-state index in [4.69, 9.17) is 5.26 Å². The fourth-order valence-electron chi connectivity index (χ4n) is 1.10. The fraction of sp³-hybridized carbons (Fsp3) is 0.125. The Morgan fingerprint density at radius 2 is 2.42 bits per heavy atom. The largest absolute Gasteiger partial charge is 0.335 e. The molecule has 58 valence electrons. The Morgan fingerprint density at radius 3 is 3.17 bits per heavy atom. The molecule has 0 aliphatic rings. The van der Waals surface area contributed by atoms with Crippen LogP contribution in [0.2, 0.25) is 0 Å². The van der Waals surface area contributed by atoms with Crippen molar-refractivity contribution in [2.75, 3.05) is 0 Å². The molecule has 2 aromatic heterocycles.